The number of nitrogens with one attached hydrogen (secondary N) is 6. The fraction of sp³-hybridized carbons (Fsp3) is 1.00. The maximum atomic E-state index is 10.6. The molecular formula is C16H40N10O2. The van der Waals surface area contributed by atoms with Crippen LogP contribution < -0.4 is 37.7 Å². The Morgan fingerprint density at radius 1 is 0.571 bits per heavy atom. The molecule has 0 saturated carbocycles. The molecule has 2 saturated heterocycles. The van der Waals surface area contributed by atoms with Gasteiger partial charge in [0.05, 0.1) is 0 Å². The largest absolute Gasteiger partial charge is 0.314 e. The van der Waals surface area contributed by atoms with Crippen molar-refractivity contribution in [2.24, 2.45) is 5.84 Å². The van der Waals surface area contributed by atoms with Gasteiger partial charge in [-0.25, -0.2) is 5.01 Å². The molecule has 166 valence electrons. The third-order valence-electron chi connectivity index (χ3n) is 4.98. The van der Waals surface area contributed by atoms with Gasteiger partial charge in [-0.1, -0.05) is 0 Å². The molecule has 2 fully saturated rings. The molecule has 0 spiro atoms. The maximum Gasteiger partial charge on any atom is 0.114 e. The molecule has 28 heavy (non-hydrogen) atoms. The molecule has 2 rings (SSSR count). The summed E-state index contributed by atoms with van der Waals surface area (Å²) in [6, 6.07) is 0. The number of rotatable bonds is 2. The Morgan fingerprint density at radius 3 is 1.29 bits per heavy atom. The lowest BCUT2D eigenvalue weighted by Crippen LogP contribution is -2.66. The molecule has 0 aliphatic carbocycles. The van der Waals surface area contributed by atoms with Crippen molar-refractivity contribution in [2.45, 2.75) is 12.3 Å². The van der Waals surface area contributed by atoms with Gasteiger partial charge in [0.25, 0.3) is 0 Å². The zero-order chi connectivity index (χ0) is 20.0. The van der Waals surface area contributed by atoms with E-state index in [4.69, 9.17) is 5.84 Å². The summed E-state index contributed by atoms with van der Waals surface area (Å²) in [6.45, 7) is 9.91. The SMILES string of the molecule is NN(C1CNCCNCCNCCN1O)C1CNCCNCCNCCN1O. The Hall–Kier alpha value is -0.480. The Bertz CT molecular complexity index is 360. The van der Waals surface area contributed by atoms with Crippen molar-refractivity contribution >= 4 is 0 Å². The van der Waals surface area contributed by atoms with E-state index < -0.39 is 12.3 Å². The molecule has 0 aromatic carbocycles. The average Bonchev–Trinajstić information content (AvgIpc) is 2.67. The lowest BCUT2D eigenvalue weighted by Gasteiger charge is -2.41. The minimum atomic E-state index is -0.471. The van der Waals surface area contributed by atoms with Crippen LogP contribution in [0.1, 0.15) is 0 Å². The van der Waals surface area contributed by atoms with Crippen molar-refractivity contribution in [3.63, 3.8) is 0 Å². The monoisotopic (exact) mass is 404 g/mol. The van der Waals surface area contributed by atoms with E-state index in [2.05, 4.69) is 31.9 Å². The van der Waals surface area contributed by atoms with Crippen LogP contribution in [0.4, 0.5) is 0 Å². The minimum absolute atomic E-state index is 0.442. The summed E-state index contributed by atoms with van der Waals surface area (Å²) in [7, 11) is 0. The first kappa shape index (κ1) is 23.8. The van der Waals surface area contributed by atoms with Crippen molar-refractivity contribution in [3.05, 3.63) is 0 Å². The molecule has 2 atom stereocenters. The average molecular weight is 405 g/mol. The third-order valence-corrected chi connectivity index (χ3v) is 4.98. The summed E-state index contributed by atoms with van der Waals surface area (Å²) in [4.78, 5) is 0. The highest BCUT2D eigenvalue weighted by Gasteiger charge is 2.31. The highest BCUT2D eigenvalue weighted by molar-refractivity contribution is 4.77. The van der Waals surface area contributed by atoms with Crippen molar-refractivity contribution in [1.29, 1.82) is 0 Å². The predicted molar refractivity (Wildman–Crippen MR) is 108 cm³/mol. The lowest BCUT2D eigenvalue weighted by molar-refractivity contribution is -0.230. The summed E-state index contributed by atoms with van der Waals surface area (Å²) in [5.74, 6) is 6.44. The van der Waals surface area contributed by atoms with Crippen LogP contribution in [0.25, 0.3) is 0 Å². The van der Waals surface area contributed by atoms with Crippen LogP contribution in [0.2, 0.25) is 0 Å². The number of hydroxylamine groups is 4. The molecule has 2 heterocycles. The number of hydrazine groups is 1. The van der Waals surface area contributed by atoms with Gasteiger partial charge in [0.15, 0.2) is 0 Å². The lowest BCUT2D eigenvalue weighted by atomic mass is 10.3. The Balaban J connectivity index is 2.00. The smallest absolute Gasteiger partial charge is 0.114 e. The fourth-order valence-electron chi connectivity index (χ4n) is 3.28. The zero-order valence-corrected chi connectivity index (χ0v) is 16.9. The molecule has 0 aromatic rings. The van der Waals surface area contributed by atoms with Crippen LogP contribution >= 0.6 is 0 Å². The molecule has 0 amide bonds. The summed E-state index contributed by atoms with van der Waals surface area (Å²) < 4.78 is 0. The summed E-state index contributed by atoms with van der Waals surface area (Å²) >= 11 is 0. The Kier molecular flexibility index (Phi) is 12.3. The van der Waals surface area contributed by atoms with Crippen LogP contribution in [-0.4, -0.2) is 130 Å². The van der Waals surface area contributed by atoms with Crippen molar-refractivity contribution in [2.75, 3.05) is 91.6 Å². The van der Waals surface area contributed by atoms with E-state index in [0.29, 0.717) is 39.3 Å². The van der Waals surface area contributed by atoms with Crippen LogP contribution in [0.5, 0.6) is 0 Å². The fourth-order valence-corrected chi connectivity index (χ4v) is 3.28. The molecule has 0 radical (unpaired) electrons. The predicted octanol–water partition coefficient (Wildman–Crippen LogP) is -4.24. The molecule has 2 aliphatic heterocycles. The summed E-state index contributed by atoms with van der Waals surface area (Å²) in [6.07, 6.45) is -0.941. The molecular weight excluding hydrogens is 364 g/mol. The highest BCUT2D eigenvalue weighted by Crippen LogP contribution is 2.07. The van der Waals surface area contributed by atoms with E-state index in [1.54, 1.807) is 5.01 Å². The van der Waals surface area contributed by atoms with Gasteiger partial charge in [-0.3, -0.25) is 5.84 Å². The number of nitrogens with two attached hydrogens (primary N) is 1. The van der Waals surface area contributed by atoms with E-state index in [1.165, 1.54) is 10.1 Å². The molecule has 0 bridgehead atoms. The van der Waals surface area contributed by atoms with Gasteiger partial charge in [0.2, 0.25) is 0 Å². The van der Waals surface area contributed by atoms with Gasteiger partial charge in [-0.2, -0.15) is 10.1 Å². The van der Waals surface area contributed by atoms with Crippen LogP contribution in [0.15, 0.2) is 0 Å². The maximum absolute atomic E-state index is 10.6. The van der Waals surface area contributed by atoms with E-state index >= 15 is 0 Å². The minimum Gasteiger partial charge on any atom is -0.314 e. The van der Waals surface area contributed by atoms with Crippen LogP contribution in [-0.2, 0) is 0 Å². The third kappa shape index (κ3) is 8.90. The van der Waals surface area contributed by atoms with Gasteiger partial charge in [0.1, 0.15) is 12.3 Å². The standard InChI is InChI=1S/C16H40N10O2/c17-26(15-13-22-7-5-18-1-3-20-9-11-24(15)27)16-14-23-8-6-19-2-4-21-10-12-25(16)28/h15-16,18-23,27-28H,1-14,17H2. The molecule has 2 aliphatic rings. The molecule has 12 heteroatoms. The van der Waals surface area contributed by atoms with Crippen LogP contribution in [0, 0.1) is 0 Å². The molecule has 10 N–H and O–H groups in total. The molecule has 2 unspecified atom stereocenters. The molecule has 0 aromatic heterocycles. The topological polar surface area (TPSA) is 148 Å². The second-order valence-electron chi connectivity index (χ2n) is 7.14. The molecule has 12 nitrogen and oxygen atoms in total. The second kappa shape index (κ2) is 14.5. The van der Waals surface area contributed by atoms with Crippen molar-refractivity contribution < 1.29 is 10.4 Å². The summed E-state index contributed by atoms with van der Waals surface area (Å²) in [5.41, 5.74) is 0. The van der Waals surface area contributed by atoms with Gasteiger partial charge < -0.3 is 42.3 Å². The van der Waals surface area contributed by atoms with Crippen molar-refractivity contribution in [3.8, 4) is 0 Å². The van der Waals surface area contributed by atoms with Gasteiger partial charge in [0, 0.05) is 91.6 Å². The van der Waals surface area contributed by atoms with Crippen molar-refractivity contribution in [1.82, 2.24) is 47.0 Å². The number of hydrogen-bond acceptors (Lipinski definition) is 12. The normalized spacial score (nSPS) is 30.0. The van der Waals surface area contributed by atoms with E-state index in [-0.39, 0.29) is 0 Å². The van der Waals surface area contributed by atoms with E-state index in [0.717, 1.165) is 52.4 Å². The first-order valence-corrected chi connectivity index (χ1v) is 10.4. The quantitative estimate of drug-likeness (QED) is 0.162. The van der Waals surface area contributed by atoms with Crippen LogP contribution in [0.3, 0.4) is 0 Å². The highest BCUT2D eigenvalue weighted by atomic mass is 16.5. The Labute approximate surface area is 168 Å². The van der Waals surface area contributed by atoms with Gasteiger partial charge in [-0.15, -0.1) is 0 Å². The van der Waals surface area contributed by atoms with Gasteiger partial charge >= 0.3 is 0 Å². The first-order valence-electron chi connectivity index (χ1n) is 10.4. The zero-order valence-electron chi connectivity index (χ0n) is 16.9. The van der Waals surface area contributed by atoms with E-state index in [9.17, 15) is 10.4 Å². The van der Waals surface area contributed by atoms with Gasteiger partial charge in [-0.05, 0) is 0 Å². The summed E-state index contributed by atoms with van der Waals surface area (Å²) in [5, 5.41) is 45.3. The number of hydrogen-bond donors (Lipinski definition) is 9. The Morgan fingerprint density at radius 2 is 0.893 bits per heavy atom. The second-order valence-corrected chi connectivity index (χ2v) is 7.14. The first-order chi connectivity index (χ1) is 13.7. The number of nitrogens with zero attached hydrogens (tertiary/aromatic N) is 3. The van der Waals surface area contributed by atoms with E-state index in [1.807, 2.05) is 0 Å².